The fourth-order valence-corrected chi connectivity index (χ4v) is 4.63. The van der Waals surface area contributed by atoms with E-state index in [-0.39, 0.29) is 6.61 Å². The van der Waals surface area contributed by atoms with Gasteiger partial charge in [-0.3, -0.25) is 0 Å². The molecule has 1 heterocycles. The summed E-state index contributed by atoms with van der Waals surface area (Å²) >= 11 is 0. The van der Waals surface area contributed by atoms with Crippen molar-refractivity contribution in [1.82, 2.24) is 9.62 Å². The van der Waals surface area contributed by atoms with Crippen molar-refractivity contribution in [3.05, 3.63) is 54.6 Å². The van der Waals surface area contributed by atoms with Crippen molar-refractivity contribution in [2.75, 3.05) is 32.8 Å². The molecule has 2 N–H and O–H groups in total. The molecule has 0 aromatic heterocycles. The Bertz CT molecular complexity index is 807. The smallest absolute Gasteiger partial charge is 0.240 e. The molecular weight excluding hydrogens is 360 g/mol. The van der Waals surface area contributed by atoms with Crippen LogP contribution in [0, 0.1) is 5.92 Å². The molecule has 2 aromatic rings. The number of nitrogens with zero attached hydrogens (tertiary/aromatic N) is 1. The summed E-state index contributed by atoms with van der Waals surface area (Å²) in [5.74, 6) is 0.360. The molecule has 6 heteroatoms. The van der Waals surface area contributed by atoms with Gasteiger partial charge in [0.15, 0.2) is 0 Å². The Morgan fingerprint density at radius 1 is 1.04 bits per heavy atom. The van der Waals surface area contributed by atoms with Crippen LogP contribution in [0.2, 0.25) is 0 Å². The lowest BCUT2D eigenvalue weighted by molar-refractivity contribution is 0.120. The maximum atomic E-state index is 12.5. The zero-order valence-electron chi connectivity index (χ0n) is 15.5. The number of likely N-dealkylation sites (tertiary alicyclic amines) is 1. The highest BCUT2D eigenvalue weighted by Crippen LogP contribution is 2.21. The molecule has 0 spiro atoms. The van der Waals surface area contributed by atoms with Crippen LogP contribution in [0.25, 0.3) is 11.1 Å². The first-order valence-electron chi connectivity index (χ1n) is 9.57. The van der Waals surface area contributed by atoms with Crippen molar-refractivity contribution in [3.63, 3.8) is 0 Å². The molecule has 1 aliphatic heterocycles. The minimum Gasteiger partial charge on any atom is -0.396 e. The molecule has 1 fully saturated rings. The first-order valence-corrected chi connectivity index (χ1v) is 11.1. The van der Waals surface area contributed by atoms with Gasteiger partial charge in [0, 0.05) is 19.7 Å². The summed E-state index contributed by atoms with van der Waals surface area (Å²) in [4.78, 5) is 2.60. The van der Waals surface area contributed by atoms with Gasteiger partial charge in [-0.05, 0) is 61.5 Å². The second-order valence-electron chi connectivity index (χ2n) is 7.13. The van der Waals surface area contributed by atoms with E-state index in [2.05, 4.69) is 9.62 Å². The molecule has 0 radical (unpaired) electrons. The van der Waals surface area contributed by atoms with Crippen LogP contribution < -0.4 is 4.72 Å². The van der Waals surface area contributed by atoms with Gasteiger partial charge in [0.2, 0.25) is 10.0 Å². The van der Waals surface area contributed by atoms with Crippen molar-refractivity contribution in [1.29, 1.82) is 0 Å². The van der Waals surface area contributed by atoms with Gasteiger partial charge >= 0.3 is 0 Å². The lowest BCUT2D eigenvalue weighted by Crippen LogP contribution is -2.38. The van der Waals surface area contributed by atoms with Crippen LogP contribution in [0.15, 0.2) is 59.5 Å². The number of sulfonamides is 1. The van der Waals surface area contributed by atoms with Crippen LogP contribution in [0.1, 0.15) is 19.3 Å². The van der Waals surface area contributed by atoms with Crippen LogP contribution in [0.4, 0.5) is 0 Å². The zero-order valence-corrected chi connectivity index (χ0v) is 16.4. The largest absolute Gasteiger partial charge is 0.396 e. The quantitative estimate of drug-likeness (QED) is 0.682. The standard InChI is InChI=1S/C21H28N2O3S/c24-17-18-6-4-14-23(16-18)15-5-13-22-27(25,26)21-11-9-20(10-12-21)19-7-2-1-3-8-19/h1-3,7-12,18,22,24H,4-6,13-17H2/t18-/m1/s1. The average molecular weight is 389 g/mol. The molecule has 5 nitrogen and oxygen atoms in total. The van der Waals surface area contributed by atoms with E-state index in [9.17, 15) is 13.5 Å². The number of aliphatic hydroxyl groups excluding tert-OH is 1. The van der Waals surface area contributed by atoms with E-state index in [0.29, 0.717) is 17.4 Å². The summed E-state index contributed by atoms with van der Waals surface area (Å²) in [5, 5.41) is 9.29. The Kier molecular flexibility index (Phi) is 7.01. The lowest BCUT2D eigenvalue weighted by atomic mass is 9.99. The van der Waals surface area contributed by atoms with Gasteiger partial charge in [-0.2, -0.15) is 0 Å². The molecule has 27 heavy (non-hydrogen) atoms. The van der Waals surface area contributed by atoms with Crippen molar-refractivity contribution in [2.24, 2.45) is 5.92 Å². The van der Waals surface area contributed by atoms with Gasteiger partial charge in [-0.15, -0.1) is 0 Å². The third-order valence-electron chi connectivity index (χ3n) is 5.08. The number of aliphatic hydroxyl groups is 1. The number of hydrogen-bond donors (Lipinski definition) is 2. The first kappa shape index (κ1) is 20.0. The topological polar surface area (TPSA) is 69.6 Å². The molecule has 3 rings (SSSR count). The van der Waals surface area contributed by atoms with Crippen molar-refractivity contribution in [3.8, 4) is 11.1 Å². The summed E-state index contributed by atoms with van der Waals surface area (Å²) in [5.41, 5.74) is 2.07. The highest BCUT2D eigenvalue weighted by atomic mass is 32.2. The van der Waals surface area contributed by atoms with E-state index < -0.39 is 10.0 Å². The fraction of sp³-hybridized carbons (Fsp3) is 0.429. The minimum atomic E-state index is -3.49. The summed E-state index contributed by atoms with van der Waals surface area (Å²) in [6.07, 6.45) is 2.95. The molecule has 0 saturated carbocycles. The fourth-order valence-electron chi connectivity index (χ4n) is 3.55. The van der Waals surface area contributed by atoms with Crippen molar-refractivity contribution in [2.45, 2.75) is 24.2 Å². The molecule has 146 valence electrons. The SMILES string of the molecule is O=S(=O)(NCCCN1CCC[C@@H](CO)C1)c1ccc(-c2ccccc2)cc1. The second-order valence-corrected chi connectivity index (χ2v) is 8.90. The predicted molar refractivity (Wildman–Crippen MR) is 108 cm³/mol. The molecule has 2 aromatic carbocycles. The number of benzene rings is 2. The zero-order chi connectivity index (χ0) is 19.1. The summed E-state index contributed by atoms with van der Waals surface area (Å²) in [6, 6.07) is 16.9. The van der Waals surface area contributed by atoms with Crippen molar-refractivity contribution < 1.29 is 13.5 Å². The van der Waals surface area contributed by atoms with Gasteiger partial charge in [0.05, 0.1) is 4.90 Å². The van der Waals surface area contributed by atoms with E-state index in [1.165, 1.54) is 0 Å². The normalized spacial score (nSPS) is 18.5. The molecule has 1 saturated heterocycles. The van der Waals surface area contributed by atoms with E-state index in [1.54, 1.807) is 12.1 Å². The number of piperidine rings is 1. The van der Waals surface area contributed by atoms with Crippen LogP contribution in [0.3, 0.4) is 0 Å². The van der Waals surface area contributed by atoms with E-state index in [0.717, 1.165) is 50.0 Å². The first-order chi connectivity index (χ1) is 13.1. The summed E-state index contributed by atoms with van der Waals surface area (Å²) in [6.45, 7) is 3.45. The highest BCUT2D eigenvalue weighted by Gasteiger charge is 2.19. The Balaban J connectivity index is 1.49. The van der Waals surface area contributed by atoms with Crippen molar-refractivity contribution >= 4 is 10.0 Å². The molecule has 1 aliphatic rings. The molecular formula is C21H28N2O3S. The van der Waals surface area contributed by atoms with Gasteiger partial charge < -0.3 is 10.0 Å². The van der Waals surface area contributed by atoms with E-state index >= 15 is 0 Å². The molecule has 0 bridgehead atoms. The average Bonchev–Trinajstić information content (AvgIpc) is 2.72. The van der Waals surface area contributed by atoms with Gasteiger partial charge in [-0.25, -0.2) is 13.1 Å². The monoisotopic (exact) mass is 388 g/mol. The molecule has 0 unspecified atom stereocenters. The number of nitrogens with one attached hydrogen (secondary N) is 1. The Morgan fingerprint density at radius 3 is 2.44 bits per heavy atom. The highest BCUT2D eigenvalue weighted by molar-refractivity contribution is 7.89. The van der Waals surface area contributed by atoms with E-state index in [4.69, 9.17) is 0 Å². The third kappa shape index (κ3) is 5.62. The Hall–Kier alpha value is -1.73. The Labute approximate surface area is 162 Å². The molecule has 1 atom stereocenters. The van der Waals surface area contributed by atoms with Gasteiger partial charge in [0.1, 0.15) is 0 Å². The third-order valence-corrected chi connectivity index (χ3v) is 6.55. The van der Waals surface area contributed by atoms with Gasteiger partial charge in [0.25, 0.3) is 0 Å². The second kappa shape index (κ2) is 9.46. The molecule has 0 aliphatic carbocycles. The van der Waals surface area contributed by atoms with Crippen LogP contribution in [-0.4, -0.2) is 51.2 Å². The maximum absolute atomic E-state index is 12.5. The summed E-state index contributed by atoms with van der Waals surface area (Å²) < 4.78 is 27.6. The van der Waals surface area contributed by atoms with Crippen LogP contribution in [-0.2, 0) is 10.0 Å². The van der Waals surface area contributed by atoms with Gasteiger partial charge in [-0.1, -0.05) is 42.5 Å². The minimum absolute atomic E-state index is 0.238. The van der Waals surface area contributed by atoms with E-state index in [1.807, 2.05) is 42.5 Å². The Morgan fingerprint density at radius 2 is 1.74 bits per heavy atom. The number of rotatable bonds is 8. The predicted octanol–water partition coefficient (Wildman–Crippen LogP) is 2.73. The van der Waals surface area contributed by atoms with Crippen LogP contribution in [0.5, 0.6) is 0 Å². The summed E-state index contributed by atoms with van der Waals surface area (Å²) in [7, 11) is -3.49. The lowest BCUT2D eigenvalue weighted by Gasteiger charge is -2.31. The molecule has 0 amide bonds. The van der Waals surface area contributed by atoms with Crippen LogP contribution >= 0.6 is 0 Å². The maximum Gasteiger partial charge on any atom is 0.240 e. The number of hydrogen-bond acceptors (Lipinski definition) is 4.